The van der Waals surface area contributed by atoms with Crippen molar-refractivity contribution in [3.8, 4) is 11.1 Å². The number of carbonyl (C=O) groups is 2. The molecule has 10 nitrogen and oxygen atoms in total. The Morgan fingerprint density at radius 2 is 2.00 bits per heavy atom. The first kappa shape index (κ1) is 25.0. The third-order valence-corrected chi connectivity index (χ3v) is 6.84. The number of ether oxygens (including phenoxy) is 1. The van der Waals surface area contributed by atoms with Gasteiger partial charge >= 0.3 is 6.09 Å². The molecule has 2 aliphatic heterocycles. The number of piperazine rings is 1. The van der Waals surface area contributed by atoms with Crippen molar-refractivity contribution < 1.29 is 18.7 Å². The molecule has 0 radical (unpaired) electrons. The number of likely N-dealkylation sites (N-methyl/N-ethyl adjacent to an activating group) is 1. The first-order chi connectivity index (χ1) is 18.0. The maximum absolute atomic E-state index is 15.0. The van der Waals surface area contributed by atoms with E-state index in [1.165, 1.54) is 17.2 Å². The van der Waals surface area contributed by atoms with E-state index < -0.39 is 18.0 Å². The van der Waals surface area contributed by atoms with Crippen LogP contribution in [0, 0.1) is 5.82 Å². The van der Waals surface area contributed by atoms with Gasteiger partial charge in [0.1, 0.15) is 17.6 Å². The van der Waals surface area contributed by atoms with Gasteiger partial charge in [-0.15, -0.1) is 5.10 Å². The number of hydrogen-bond acceptors (Lipinski definition) is 8. The number of pyridine rings is 1. The zero-order chi connectivity index (χ0) is 25.8. The lowest BCUT2D eigenvalue weighted by molar-refractivity contribution is 0.0962. The Morgan fingerprint density at radius 1 is 1.16 bits per heavy atom. The number of Topliss-reactive ketones (excluding diaryl/α,β-unsaturated/α-hetero) is 1. The molecule has 0 aliphatic carbocycles. The molecule has 1 amide bonds. The van der Waals surface area contributed by atoms with Crippen molar-refractivity contribution in [2.24, 2.45) is 0 Å². The highest BCUT2D eigenvalue weighted by molar-refractivity contribution is 5.94. The lowest BCUT2D eigenvalue weighted by Crippen LogP contribution is -2.44. The molecule has 37 heavy (non-hydrogen) atoms. The second kappa shape index (κ2) is 11.1. The standard InChI is InChI=1S/C26H30FN7O3/c1-31-11-13-32(14-12-31)9-2-3-25(35)24-7-4-19(16-28-24)22-6-5-20(15-23(22)27)34-18-21(37-26(34)36)17-33-10-8-29-30-33/h4-8,10,15-16,21H,2-3,9,11-14,17-18H2,1H3/t21-/m0/s1. The number of halogens is 1. The van der Waals surface area contributed by atoms with Crippen LogP contribution in [0.15, 0.2) is 48.9 Å². The van der Waals surface area contributed by atoms with Crippen molar-refractivity contribution in [3.05, 3.63) is 60.4 Å². The van der Waals surface area contributed by atoms with Gasteiger partial charge < -0.3 is 14.5 Å². The monoisotopic (exact) mass is 507 g/mol. The smallest absolute Gasteiger partial charge is 0.414 e. The second-order valence-corrected chi connectivity index (χ2v) is 9.51. The Balaban J connectivity index is 1.17. The number of aromatic nitrogens is 4. The SMILES string of the molecule is CN1CCN(CCCC(=O)c2ccc(-c3ccc(N4C[C@H](Cn5ccnn5)OC4=O)cc3F)cn2)CC1. The Morgan fingerprint density at radius 3 is 2.70 bits per heavy atom. The molecule has 2 aliphatic rings. The van der Waals surface area contributed by atoms with Gasteiger partial charge in [0, 0.05) is 56.1 Å². The van der Waals surface area contributed by atoms with Gasteiger partial charge in [0.2, 0.25) is 0 Å². The fraction of sp³-hybridized carbons (Fsp3) is 0.423. The number of benzene rings is 1. The van der Waals surface area contributed by atoms with Crippen molar-refractivity contribution in [2.45, 2.75) is 25.5 Å². The van der Waals surface area contributed by atoms with Gasteiger partial charge in [0.15, 0.2) is 5.78 Å². The Kier molecular flexibility index (Phi) is 7.52. The molecule has 3 aromatic rings. The molecule has 2 saturated heterocycles. The minimum absolute atomic E-state index is 0.00973. The highest BCUT2D eigenvalue weighted by atomic mass is 19.1. The molecule has 2 aromatic heterocycles. The van der Waals surface area contributed by atoms with E-state index in [2.05, 4.69) is 32.1 Å². The molecule has 5 rings (SSSR count). The summed E-state index contributed by atoms with van der Waals surface area (Å²) in [4.78, 5) is 35.3. The van der Waals surface area contributed by atoms with Crippen LogP contribution >= 0.6 is 0 Å². The van der Waals surface area contributed by atoms with Gasteiger partial charge in [-0.25, -0.2) is 13.9 Å². The molecule has 0 unspecified atom stereocenters. The van der Waals surface area contributed by atoms with Gasteiger partial charge in [0.05, 0.1) is 25.0 Å². The summed E-state index contributed by atoms with van der Waals surface area (Å²) in [7, 11) is 2.12. The van der Waals surface area contributed by atoms with Crippen LogP contribution in [0.3, 0.4) is 0 Å². The van der Waals surface area contributed by atoms with Gasteiger partial charge in [-0.3, -0.25) is 14.7 Å². The van der Waals surface area contributed by atoms with Crippen molar-refractivity contribution in [2.75, 3.05) is 51.2 Å². The average Bonchev–Trinajstić information content (AvgIpc) is 3.54. The maximum Gasteiger partial charge on any atom is 0.414 e. The van der Waals surface area contributed by atoms with E-state index in [4.69, 9.17) is 4.74 Å². The quantitative estimate of drug-likeness (QED) is 0.408. The molecule has 0 saturated carbocycles. The number of anilines is 1. The lowest BCUT2D eigenvalue weighted by atomic mass is 10.0. The second-order valence-electron chi connectivity index (χ2n) is 9.51. The number of carbonyl (C=O) groups excluding carboxylic acids is 2. The highest BCUT2D eigenvalue weighted by Gasteiger charge is 2.33. The third kappa shape index (κ3) is 6.00. The van der Waals surface area contributed by atoms with Gasteiger partial charge in [-0.2, -0.15) is 0 Å². The van der Waals surface area contributed by atoms with Crippen molar-refractivity contribution in [3.63, 3.8) is 0 Å². The zero-order valence-electron chi connectivity index (χ0n) is 20.8. The van der Waals surface area contributed by atoms with Crippen molar-refractivity contribution in [1.29, 1.82) is 0 Å². The van der Waals surface area contributed by atoms with Crippen LogP contribution in [-0.2, 0) is 11.3 Å². The molecule has 1 aromatic carbocycles. The van der Waals surface area contributed by atoms with Gasteiger partial charge in [-0.05, 0) is 44.3 Å². The van der Waals surface area contributed by atoms with Crippen LogP contribution in [0.2, 0.25) is 0 Å². The Labute approximate surface area is 214 Å². The lowest BCUT2D eigenvalue weighted by Gasteiger charge is -2.32. The average molecular weight is 508 g/mol. The van der Waals surface area contributed by atoms with E-state index >= 15 is 4.39 Å². The number of hydrogen-bond donors (Lipinski definition) is 0. The molecule has 1 atom stereocenters. The normalized spacial score (nSPS) is 18.8. The molecular weight excluding hydrogens is 477 g/mol. The van der Waals surface area contributed by atoms with E-state index in [0.717, 1.165) is 39.1 Å². The molecule has 4 heterocycles. The molecule has 194 valence electrons. The topological polar surface area (TPSA) is 96.7 Å². The molecule has 11 heteroatoms. The van der Waals surface area contributed by atoms with E-state index in [1.54, 1.807) is 41.3 Å². The van der Waals surface area contributed by atoms with Crippen LogP contribution in [-0.4, -0.2) is 94.1 Å². The molecule has 0 bridgehead atoms. The van der Waals surface area contributed by atoms with Crippen molar-refractivity contribution in [1.82, 2.24) is 29.8 Å². The maximum atomic E-state index is 15.0. The highest BCUT2D eigenvalue weighted by Crippen LogP contribution is 2.29. The molecular formula is C26H30FN7O3. The number of rotatable bonds is 9. The fourth-order valence-electron chi connectivity index (χ4n) is 4.65. The van der Waals surface area contributed by atoms with E-state index in [9.17, 15) is 9.59 Å². The van der Waals surface area contributed by atoms with Crippen LogP contribution in [0.5, 0.6) is 0 Å². The summed E-state index contributed by atoms with van der Waals surface area (Å²) in [6.45, 7) is 5.73. The largest absolute Gasteiger partial charge is 0.442 e. The summed E-state index contributed by atoms with van der Waals surface area (Å²) in [5, 5.41) is 7.62. The summed E-state index contributed by atoms with van der Waals surface area (Å²) in [6.07, 6.45) is 5.04. The van der Waals surface area contributed by atoms with E-state index in [1.807, 2.05) is 0 Å². The summed E-state index contributed by atoms with van der Waals surface area (Å²) in [5.41, 5.74) is 1.70. The zero-order valence-corrected chi connectivity index (χ0v) is 20.8. The van der Waals surface area contributed by atoms with Crippen molar-refractivity contribution >= 4 is 17.6 Å². The van der Waals surface area contributed by atoms with Crippen LogP contribution in [0.25, 0.3) is 11.1 Å². The van der Waals surface area contributed by atoms with Crippen LogP contribution in [0.1, 0.15) is 23.3 Å². The summed E-state index contributed by atoms with van der Waals surface area (Å²) < 4.78 is 22.0. The Hall–Kier alpha value is -3.70. The summed E-state index contributed by atoms with van der Waals surface area (Å²) in [6, 6.07) is 7.95. The van der Waals surface area contributed by atoms with Gasteiger partial charge in [0.25, 0.3) is 0 Å². The number of nitrogens with zero attached hydrogens (tertiary/aromatic N) is 7. The first-order valence-electron chi connectivity index (χ1n) is 12.5. The summed E-state index contributed by atoms with van der Waals surface area (Å²) >= 11 is 0. The number of cyclic esters (lactones) is 1. The first-order valence-corrected chi connectivity index (χ1v) is 12.5. The minimum atomic E-state index is -0.533. The predicted octanol–water partition coefficient (Wildman–Crippen LogP) is 2.71. The van der Waals surface area contributed by atoms with Crippen LogP contribution < -0.4 is 4.90 Å². The molecule has 0 N–H and O–H groups in total. The number of ketones is 1. The Bertz CT molecular complexity index is 1230. The van der Waals surface area contributed by atoms with Gasteiger partial charge in [-0.1, -0.05) is 11.3 Å². The fourth-order valence-corrected chi connectivity index (χ4v) is 4.65. The van der Waals surface area contributed by atoms with Crippen LogP contribution in [0.4, 0.5) is 14.9 Å². The third-order valence-electron chi connectivity index (χ3n) is 6.84. The predicted molar refractivity (Wildman–Crippen MR) is 135 cm³/mol. The van der Waals surface area contributed by atoms with E-state index in [0.29, 0.717) is 35.5 Å². The number of amides is 1. The molecule has 2 fully saturated rings. The molecule has 0 spiro atoms. The summed E-state index contributed by atoms with van der Waals surface area (Å²) in [5.74, 6) is -0.498. The van der Waals surface area contributed by atoms with E-state index in [-0.39, 0.29) is 12.3 Å². The minimum Gasteiger partial charge on any atom is -0.442 e.